The van der Waals surface area contributed by atoms with Crippen molar-refractivity contribution < 1.29 is 15.0 Å². The molecule has 1 amide bonds. The summed E-state index contributed by atoms with van der Waals surface area (Å²) >= 11 is 3.27. The fraction of sp³-hybridized carbons (Fsp3) is 0.0667. The average molecular weight is 349 g/mol. The Morgan fingerprint density at radius 3 is 2.67 bits per heavy atom. The van der Waals surface area contributed by atoms with Gasteiger partial charge in [-0.3, -0.25) is 4.79 Å². The number of benzene rings is 2. The number of amides is 1. The van der Waals surface area contributed by atoms with E-state index in [-0.39, 0.29) is 5.75 Å². The molecule has 1 unspecified atom stereocenters. The number of nitrogens with one attached hydrogen (secondary N) is 1. The number of halogens is 1. The van der Waals surface area contributed by atoms with E-state index in [0.717, 1.165) is 4.47 Å². The van der Waals surface area contributed by atoms with Gasteiger partial charge in [-0.05, 0) is 23.8 Å². The average Bonchev–Trinajstić information content (AvgIpc) is 2.50. The number of aromatic hydroxyl groups is 1. The van der Waals surface area contributed by atoms with E-state index in [2.05, 4.69) is 26.5 Å². The molecule has 2 aromatic rings. The predicted octanol–water partition coefficient (Wildman–Crippen LogP) is 2.34. The Bertz CT molecular complexity index is 659. The second-order valence-electron chi connectivity index (χ2n) is 4.25. The molecule has 0 aliphatic rings. The molecule has 1 atom stereocenters. The molecule has 0 aliphatic carbocycles. The van der Waals surface area contributed by atoms with Crippen LogP contribution in [0.5, 0.6) is 5.75 Å². The fourth-order valence-corrected chi connectivity index (χ4v) is 2.02. The highest BCUT2D eigenvalue weighted by Gasteiger charge is 2.15. The Labute approximate surface area is 130 Å². The maximum atomic E-state index is 11.7. The van der Waals surface area contributed by atoms with Gasteiger partial charge in [0.05, 0.1) is 6.21 Å². The van der Waals surface area contributed by atoms with E-state index in [1.54, 1.807) is 42.5 Å². The van der Waals surface area contributed by atoms with Crippen LogP contribution in [0.4, 0.5) is 0 Å². The predicted molar refractivity (Wildman–Crippen MR) is 82.9 cm³/mol. The number of phenolic OH excluding ortho intramolecular Hbond substituents is 1. The van der Waals surface area contributed by atoms with Gasteiger partial charge in [-0.25, -0.2) is 5.43 Å². The highest BCUT2D eigenvalue weighted by atomic mass is 79.9. The molecule has 5 nitrogen and oxygen atoms in total. The van der Waals surface area contributed by atoms with Crippen LogP contribution in [0.3, 0.4) is 0 Å². The van der Waals surface area contributed by atoms with Crippen LogP contribution in [0.1, 0.15) is 17.2 Å². The number of rotatable bonds is 4. The van der Waals surface area contributed by atoms with Crippen molar-refractivity contribution in [3.8, 4) is 5.75 Å². The molecular formula is C15H13BrN2O3. The number of aliphatic hydroxyl groups excluding tert-OH is 1. The minimum absolute atomic E-state index is 0.0415. The molecule has 0 spiro atoms. The van der Waals surface area contributed by atoms with Gasteiger partial charge in [-0.15, -0.1) is 0 Å². The second kappa shape index (κ2) is 7.01. The van der Waals surface area contributed by atoms with Crippen LogP contribution in [0.15, 0.2) is 58.1 Å². The zero-order valence-corrected chi connectivity index (χ0v) is 12.5. The van der Waals surface area contributed by atoms with E-state index in [1.807, 2.05) is 0 Å². The Balaban J connectivity index is 2.01. The molecule has 0 aromatic heterocycles. The lowest BCUT2D eigenvalue weighted by atomic mass is 10.1. The second-order valence-corrected chi connectivity index (χ2v) is 5.17. The van der Waals surface area contributed by atoms with Crippen molar-refractivity contribution in [1.29, 1.82) is 0 Å². The first-order valence-electron chi connectivity index (χ1n) is 6.12. The normalized spacial score (nSPS) is 12.3. The quantitative estimate of drug-likeness (QED) is 0.585. The minimum atomic E-state index is -1.29. The highest BCUT2D eigenvalue weighted by Crippen LogP contribution is 2.20. The van der Waals surface area contributed by atoms with Gasteiger partial charge in [-0.1, -0.05) is 46.3 Å². The van der Waals surface area contributed by atoms with Crippen LogP contribution in [-0.4, -0.2) is 22.3 Å². The zero-order chi connectivity index (χ0) is 15.2. The van der Waals surface area contributed by atoms with Crippen LogP contribution in [-0.2, 0) is 4.79 Å². The third-order valence-electron chi connectivity index (χ3n) is 2.73. The number of phenols is 1. The lowest BCUT2D eigenvalue weighted by Gasteiger charge is -2.08. The van der Waals surface area contributed by atoms with Crippen LogP contribution >= 0.6 is 15.9 Å². The fourth-order valence-electron chi connectivity index (χ4n) is 1.64. The molecule has 0 saturated heterocycles. The number of hydrogen-bond donors (Lipinski definition) is 3. The monoisotopic (exact) mass is 348 g/mol. The molecule has 0 aliphatic heterocycles. The van der Waals surface area contributed by atoms with Gasteiger partial charge < -0.3 is 10.2 Å². The highest BCUT2D eigenvalue weighted by molar-refractivity contribution is 9.10. The number of hydrogen-bond acceptors (Lipinski definition) is 4. The summed E-state index contributed by atoms with van der Waals surface area (Å²) in [5.74, 6) is -0.605. The topological polar surface area (TPSA) is 81.9 Å². The third-order valence-corrected chi connectivity index (χ3v) is 3.22. The molecule has 0 radical (unpaired) electrons. The van der Waals surface area contributed by atoms with Crippen LogP contribution in [0.25, 0.3) is 0 Å². The van der Waals surface area contributed by atoms with E-state index < -0.39 is 12.0 Å². The van der Waals surface area contributed by atoms with Crippen molar-refractivity contribution in [1.82, 2.24) is 5.43 Å². The molecule has 0 saturated carbocycles. The number of aliphatic hydroxyl groups is 1. The van der Waals surface area contributed by atoms with Crippen molar-refractivity contribution in [3.63, 3.8) is 0 Å². The van der Waals surface area contributed by atoms with Crippen molar-refractivity contribution in [3.05, 3.63) is 64.1 Å². The van der Waals surface area contributed by atoms with Crippen molar-refractivity contribution >= 4 is 28.1 Å². The number of carbonyl (C=O) groups is 1. The van der Waals surface area contributed by atoms with Crippen LogP contribution < -0.4 is 5.43 Å². The molecule has 2 rings (SSSR count). The molecular weight excluding hydrogens is 336 g/mol. The summed E-state index contributed by atoms with van der Waals surface area (Å²) in [5, 5.41) is 23.2. The molecule has 0 fully saturated rings. The molecule has 0 heterocycles. The standard InChI is InChI=1S/C15H13BrN2O3/c16-12-6-7-13(19)11(8-12)9-17-18-15(21)14(20)10-4-2-1-3-5-10/h1-9,14,19-20H,(H,18,21)/b17-9+. The Morgan fingerprint density at radius 2 is 1.95 bits per heavy atom. The van der Waals surface area contributed by atoms with Gasteiger partial charge in [-0.2, -0.15) is 5.10 Å². The zero-order valence-electron chi connectivity index (χ0n) is 10.9. The maximum Gasteiger partial charge on any atom is 0.273 e. The van der Waals surface area contributed by atoms with Crippen molar-refractivity contribution in [2.24, 2.45) is 5.10 Å². The van der Waals surface area contributed by atoms with Gasteiger partial charge in [0.25, 0.3) is 5.91 Å². The lowest BCUT2D eigenvalue weighted by molar-refractivity contribution is -0.129. The molecule has 21 heavy (non-hydrogen) atoms. The molecule has 2 aromatic carbocycles. The lowest BCUT2D eigenvalue weighted by Crippen LogP contribution is -2.25. The van der Waals surface area contributed by atoms with Gasteiger partial charge in [0.2, 0.25) is 0 Å². The summed E-state index contributed by atoms with van der Waals surface area (Å²) in [6.45, 7) is 0. The van der Waals surface area contributed by atoms with Gasteiger partial charge in [0.1, 0.15) is 5.75 Å². The van der Waals surface area contributed by atoms with E-state index in [0.29, 0.717) is 11.1 Å². The van der Waals surface area contributed by atoms with Crippen molar-refractivity contribution in [2.45, 2.75) is 6.10 Å². The minimum Gasteiger partial charge on any atom is -0.507 e. The number of hydrazone groups is 1. The SMILES string of the molecule is O=C(N/N=C/c1cc(Br)ccc1O)C(O)c1ccccc1. The van der Waals surface area contributed by atoms with Crippen molar-refractivity contribution in [2.75, 3.05) is 0 Å². The summed E-state index contributed by atoms with van der Waals surface area (Å²) in [5.41, 5.74) is 3.16. The van der Waals surface area contributed by atoms with E-state index >= 15 is 0 Å². The summed E-state index contributed by atoms with van der Waals surface area (Å²) < 4.78 is 0.775. The Morgan fingerprint density at radius 1 is 1.24 bits per heavy atom. The Kier molecular flexibility index (Phi) is 5.08. The first kappa shape index (κ1) is 15.2. The summed E-state index contributed by atoms with van der Waals surface area (Å²) in [6, 6.07) is 13.4. The molecule has 6 heteroatoms. The van der Waals surface area contributed by atoms with Gasteiger partial charge >= 0.3 is 0 Å². The van der Waals surface area contributed by atoms with E-state index in [9.17, 15) is 15.0 Å². The third kappa shape index (κ3) is 4.14. The maximum absolute atomic E-state index is 11.7. The summed E-state index contributed by atoms with van der Waals surface area (Å²) in [7, 11) is 0. The summed E-state index contributed by atoms with van der Waals surface area (Å²) in [4.78, 5) is 11.7. The Hall–Kier alpha value is -2.18. The van der Waals surface area contributed by atoms with Gasteiger partial charge in [0, 0.05) is 10.0 Å². The smallest absolute Gasteiger partial charge is 0.273 e. The number of nitrogens with zero attached hydrogens (tertiary/aromatic N) is 1. The summed E-state index contributed by atoms with van der Waals surface area (Å²) in [6.07, 6.45) is 0.00913. The van der Waals surface area contributed by atoms with Gasteiger partial charge in [0.15, 0.2) is 6.10 Å². The first-order chi connectivity index (χ1) is 10.1. The molecule has 108 valence electrons. The van der Waals surface area contributed by atoms with Crippen LogP contribution in [0, 0.1) is 0 Å². The number of carbonyl (C=O) groups excluding carboxylic acids is 1. The first-order valence-corrected chi connectivity index (χ1v) is 6.91. The molecule has 0 bridgehead atoms. The largest absolute Gasteiger partial charge is 0.507 e. The van der Waals surface area contributed by atoms with E-state index in [4.69, 9.17) is 0 Å². The molecule has 3 N–H and O–H groups in total. The van der Waals surface area contributed by atoms with E-state index in [1.165, 1.54) is 12.3 Å². The van der Waals surface area contributed by atoms with Crippen LogP contribution in [0.2, 0.25) is 0 Å².